The van der Waals surface area contributed by atoms with E-state index < -0.39 is 0 Å². The SMILES string of the molecule is CC(C)CNC(=O)c1ccc(C#CCCO)s1. The molecule has 0 unspecified atom stereocenters. The predicted octanol–water partition coefficient (Wildman–Crippen LogP) is 1.87. The minimum atomic E-state index is -0.0427. The van der Waals surface area contributed by atoms with Crippen molar-refractivity contribution in [2.24, 2.45) is 5.92 Å². The first-order chi connectivity index (χ1) is 8.13. The number of amides is 1. The summed E-state index contributed by atoms with van der Waals surface area (Å²) in [5, 5.41) is 11.5. The van der Waals surface area contributed by atoms with Crippen LogP contribution in [0.1, 0.15) is 34.8 Å². The van der Waals surface area contributed by atoms with Crippen LogP contribution in [0.15, 0.2) is 12.1 Å². The van der Waals surface area contributed by atoms with Crippen LogP contribution in [0, 0.1) is 17.8 Å². The van der Waals surface area contributed by atoms with Gasteiger partial charge in [0.15, 0.2) is 0 Å². The van der Waals surface area contributed by atoms with Crippen molar-refractivity contribution >= 4 is 17.2 Å². The summed E-state index contributed by atoms with van der Waals surface area (Å²) >= 11 is 1.38. The minimum absolute atomic E-state index is 0.0427. The van der Waals surface area contributed by atoms with Crippen LogP contribution < -0.4 is 5.32 Å². The molecule has 0 spiro atoms. The van der Waals surface area contributed by atoms with Gasteiger partial charge in [0.1, 0.15) is 0 Å². The van der Waals surface area contributed by atoms with Gasteiger partial charge in [0, 0.05) is 13.0 Å². The fourth-order valence-electron chi connectivity index (χ4n) is 1.12. The van der Waals surface area contributed by atoms with Crippen LogP contribution in [0.2, 0.25) is 0 Å². The standard InChI is InChI=1S/C13H17NO2S/c1-10(2)9-14-13(16)12-7-6-11(17-12)5-3-4-8-15/h6-7,10,15H,4,8-9H2,1-2H3,(H,14,16). The summed E-state index contributed by atoms with van der Waals surface area (Å²) in [6.07, 6.45) is 0.465. The van der Waals surface area contributed by atoms with Crippen molar-refractivity contribution in [3.8, 4) is 11.8 Å². The Bertz CT molecular complexity index is 426. The summed E-state index contributed by atoms with van der Waals surface area (Å²) in [5.41, 5.74) is 0. The van der Waals surface area contributed by atoms with Crippen LogP contribution in [-0.4, -0.2) is 24.2 Å². The molecule has 0 radical (unpaired) electrons. The molecule has 1 amide bonds. The van der Waals surface area contributed by atoms with E-state index in [0.29, 0.717) is 23.8 Å². The summed E-state index contributed by atoms with van der Waals surface area (Å²) in [7, 11) is 0. The van der Waals surface area contributed by atoms with E-state index in [1.54, 1.807) is 6.07 Å². The Hall–Kier alpha value is -1.31. The molecule has 0 aliphatic carbocycles. The molecule has 1 heterocycles. The number of thiophene rings is 1. The van der Waals surface area contributed by atoms with Gasteiger partial charge in [0.05, 0.1) is 16.4 Å². The number of hydrogen-bond donors (Lipinski definition) is 2. The third-order valence-corrected chi connectivity index (χ3v) is 2.95. The first kappa shape index (κ1) is 13.8. The zero-order valence-corrected chi connectivity index (χ0v) is 10.9. The first-order valence-electron chi connectivity index (χ1n) is 5.61. The lowest BCUT2D eigenvalue weighted by atomic mass is 10.2. The number of aliphatic hydroxyl groups excluding tert-OH is 1. The molecule has 1 aromatic rings. The molecule has 2 N–H and O–H groups in total. The van der Waals surface area contributed by atoms with Crippen LogP contribution in [0.5, 0.6) is 0 Å². The fourth-order valence-corrected chi connectivity index (χ4v) is 1.91. The maximum absolute atomic E-state index is 11.7. The molecule has 0 atom stereocenters. The number of rotatable bonds is 4. The maximum atomic E-state index is 11.7. The van der Waals surface area contributed by atoms with Gasteiger partial charge in [-0.05, 0) is 18.1 Å². The second-order valence-electron chi connectivity index (χ2n) is 4.04. The van der Waals surface area contributed by atoms with Crippen LogP contribution >= 0.6 is 11.3 Å². The normalized spacial score (nSPS) is 9.88. The van der Waals surface area contributed by atoms with Gasteiger partial charge in [-0.2, -0.15) is 0 Å². The highest BCUT2D eigenvalue weighted by atomic mass is 32.1. The van der Waals surface area contributed by atoms with Crippen molar-refractivity contribution in [3.05, 3.63) is 21.9 Å². The maximum Gasteiger partial charge on any atom is 0.261 e. The second-order valence-corrected chi connectivity index (χ2v) is 5.13. The van der Waals surface area contributed by atoms with E-state index in [-0.39, 0.29) is 12.5 Å². The number of nitrogens with one attached hydrogen (secondary N) is 1. The van der Waals surface area contributed by atoms with Gasteiger partial charge in [-0.15, -0.1) is 11.3 Å². The Morgan fingerprint density at radius 3 is 2.94 bits per heavy atom. The van der Waals surface area contributed by atoms with Gasteiger partial charge in [0.25, 0.3) is 5.91 Å². The Balaban J connectivity index is 2.56. The highest BCUT2D eigenvalue weighted by Crippen LogP contribution is 2.15. The van der Waals surface area contributed by atoms with E-state index in [9.17, 15) is 4.79 Å². The van der Waals surface area contributed by atoms with Crippen molar-refractivity contribution in [1.82, 2.24) is 5.32 Å². The molecular weight excluding hydrogens is 234 g/mol. The molecule has 0 aliphatic heterocycles. The van der Waals surface area contributed by atoms with Crippen LogP contribution in [0.4, 0.5) is 0 Å². The number of carbonyl (C=O) groups excluding carboxylic acids is 1. The van der Waals surface area contributed by atoms with E-state index in [0.717, 1.165) is 4.88 Å². The molecule has 0 saturated carbocycles. The van der Waals surface area contributed by atoms with E-state index >= 15 is 0 Å². The van der Waals surface area contributed by atoms with Crippen molar-refractivity contribution < 1.29 is 9.90 Å². The van der Waals surface area contributed by atoms with Crippen LogP contribution in [-0.2, 0) is 0 Å². The predicted molar refractivity (Wildman–Crippen MR) is 70.1 cm³/mol. The van der Waals surface area contributed by atoms with Crippen LogP contribution in [0.25, 0.3) is 0 Å². The van der Waals surface area contributed by atoms with Crippen molar-refractivity contribution in [3.63, 3.8) is 0 Å². The van der Waals surface area contributed by atoms with Gasteiger partial charge < -0.3 is 10.4 Å². The van der Waals surface area contributed by atoms with E-state index in [4.69, 9.17) is 5.11 Å². The quantitative estimate of drug-likeness (QED) is 0.803. The lowest BCUT2D eigenvalue weighted by Crippen LogP contribution is -2.26. The van der Waals surface area contributed by atoms with Crippen molar-refractivity contribution in [2.75, 3.05) is 13.2 Å². The van der Waals surface area contributed by atoms with E-state index in [1.165, 1.54) is 11.3 Å². The second kappa shape index (κ2) is 7.10. The third kappa shape index (κ3) is 5.03. The molecule has 0 fully saturated rings. The highest BCUT2D eigenvalue weighted by molar-refractivity contribution is 7.14. The molecule has 17 heavy (non-hydrogen) atoms. The lowest BCUT2D eigenvalue weighted by molar-refractivity contribution is 0.0953. The molecule has 0 aliphatic rings. The van der Waals surface area contributed by atoms with Gasteiger partial charge in [-0.3, -0.25) is 4.79 Å². The number of hydrogen-bond acceptors (Lipinski definition) is 3. The molecular formula is C13H17NO2S. The highest BCUT2D eigenvalue weighted by Gasteiger charge is 2.08. The Labute approximate surface area is 106 Å². The van der Waals surface area contributed by atoms with Gasteiger partial charge in [-0.25, -0.2) is 0 Å². The largest absolute Gasteiger partial charge is 0.395 e. The number of aliphatic hydroxyl groups is 1. The van der Waals surface area contributed by atoms with Crippen LogP contribution in [0.3, 0.4) is 0 Å². The number of carbonyl (C=O) groups is 1. The van der Waals surface area contributed by atoms with Crippen molar-refractivity contribution in [2.45, 2.75) is 20.3 Å². The van der Waals surface area contributed by atoms with Gasteiger partial charge >= 0.3 is 0 Å². The lowest BCUT2D eigenvalue weighted by Gasteiger charge is -2.05. The van der Waals surface area contributed by atoms with Gasteiger partial charge in [0.2, 0.25) is 0 Å². The summed E-state index contributed by atoms with van der Waals surface area (Å²) in [5.74, 6) is 6.15. The topological polar surface area (TPSA) is 49.3 Å². The Morgan fingerprint density at radius 1 is 1.53 bits per heavy atom. The average Bonchev–Trinajstić information content (AvgIpc) is 2.75. The Morgan fingerprint density at radius 2 is 2.29 bits per heavy atom. The summed E-state index contributed by atoms with van der Waals surface area (Å²) in [6.45, 7) is 4.86. The fraction of sp³-hybridized carbons (Fsp3) is 0.462. The first-order valence-corrected chi connectivity index (χ1v) is 6.43. The monoisotopic (exact) mass is 251 g/mol. The summed E-state index contributed by atoms with van der Waals surface area (Å²) in [6, 6.07) is 3.61. The molecule has 1 aromatic heterocycles. The molecule has 0 bridgehead atoms. The summed E-state index contributed by atoms with van der Waals surface area (Å²) < 4.78 is 0. The molecule has 3 nitrogen and oxygen atoms in total. The smallest absolute Gasteiger partial charge is 0.261 e. The molecule has 92 valence electrons. The van der Waals surface area contributed by atoms with E-state index in [1.807, 2.05) is 6.07 Å². The summed E-state index contributed by atoms with van der Waals surface area (Å²) in [4.78, 5) is 13.2. The minimum Gasteiger partial charge on any atom is -0.395 e. The molecule has 0 saturated heterocycles. The molecule has 1 rings (SSSR count). The third-order valence-electron chi connectivity index (χ3n) is 1.95. The molecule has 0 aromatic carbocycles. The van der Waals surface area contributed by atoms with E-state index in [2.05, 4.69) is 31.0 Å². The molecule has 4 heteroatoms. The zero-order valence-electron chi connectivity index (χ0n) is 10.1. The van der Waals surface area contributed by atoms with Crippen molar-refractivity contribution in [1.29, 1.82) is 0 Å². The Kier molecular flexibility index (Phi) is 5.75. The zero-order chi connectivity index (χ0) is 12.7. The van der Waals surface area contributed by atoms with Gasteiger partial charge in [-0.1, -0.05) is 25.7 Å². The average molecular weight is 251 g/mol.